The van der Waals surface area contributed by atoms with Crippen molar-refractivity contribution in [2.45, 2.75) is 26.7 Å². The van der Waals surface area contributed by atoms with Crippen molar-refractivity contribution < 1.29 is 4.74 Å². The van der Waals surface area contributed by atoms with Gasteiger partial charge in [0.2, 0.25) is 0 Å². The molecule has 1 aliphatic carbocycles. The average Bonchev–Trinajstić information content (AvgIpc) is 2.97. The van der Waals surface area contributed by atoms with E-state index in [0.29, 0.717) is 17.2 Å². The molecule has 0 bridgehead atoms. The first-order chi connectivity index (χ1) is 7.20. The summed E-state index contributed by atoms with van der Waals surface area (Å²) in [5, 5.41) is 9.00. The Morgan fingerprint density at radius 1 is 1.53 bits per heavy atom. The van der Waals surface area contributed by atoms with Crippen LogP contribution in [-0.2, 0) is 0 Å². The highest BCUT2D eigenvalue weighted by atomic mass is 16.5. The van der Waals surface area contributed by atoms with Gasteiger partial charge in [-0.05, 0) is 32.6 Å². The molecule has 0 amide bonds. The minimum absolute atomic E-state index is 0.571. The number of aryl methyl sites for hydroxylation is 2. The predicted molar refractivity (Wildman–Crippen MR) is 56.6 cm³/mol. The lowest BCUT2D eigenvalue weighted by molar-refractivity contribution is 0.298. The Kier molecular flexibility index (Phi) is 2.59. The van der Waals surface area contributed by atoms with E-state index in [1.54, 1.807) is 0 Å². The second-order valence-electron chi connectivity index (χ2n) is 4.09. The fourth-order valence-electron chi connectivity index (χ4n) is 1.53. The molecule has 78 valence electrons. The molecule has 0 radical (unpaired) electrons. The van der Waals surface area contributed by atoms with E-state index in [0.717, 1.165) is 18.0 Å². The van der Waals surface area contributed by atoms with Crippen LogP contribution < -0.4 is 4.74 Å². The van der Waals surface area contributed by atoms with Crippen LogP contribution in [0.4, 0.5) is 0 Å². The molecule has 0 unspecified atom stereocenters. The van der Waals surface area contributed by atoms with Crippen molar-refractivity contribution >= 4 is 0 Å². The number of hydrogen-bond acceptors (Lipinski definition) is 3. The van der Waals surface area contributed by atoms with Gasteiger partial charge in [0.1, 0.15) is 17.4 Å². The van der Waals surface area contributed by atoms with Crippen LogP contribution in [0.1, 0.15) is 29.8 Å². The normalized spacial score (nSPS) is 14.7. The minimum Gasteiger partial charge on any atom is -0.492 e. The molecule has 0 aromatic carbocycles. The van der Waals surface area contributed by atoms with Crippen molar-refractivity contribution in [1.82, 2.24) is 4.98 Å². The molecular formula is C12H14N2O. The summed E-state index contributed by atoms with van der Waals surface area (Å²) in [7, 11) is 0. The van der Waals surface area contributed by atoms with Gasteiger partial charge >= 0.3 is 0 Å². The number of hydrogen-bond donors (Lipinski definition) is 0. The van der Waals surface area contributed by atoms with Gasteiger partial charge in [-0.3, -0.25) is 4.98 Å². The average molecular weight is 202 g/mol. The third kappa shape index (κ3) is 2.27. The van der Waals surface area contributed by atoms with Crippen molar-refractivity contribution in [2.75, 3.05) is 6.61 Å². The first-order valence-electron chi connectivity index (χ1n) is 5.22. The molecule has 3 nitrogen and oxygen atoms in total. The molecule has 0 N–H and O–H groups in total. The molecule has 1 saturated carbocycles. The fraction of sp³-hybridized carbons (Fsp3) is 0.500. The Bertz CT molecular complexity index is 416. The number of rotatable bonds is 3. The number of ether oxygens (including phenoxy) is 1. The number of pyridine rings is 1. The second-order valence-corrected chi connectivity index (χ2v) is 4.09. The molecule has 1 aliphatic rings. The maximum absolute atomic E-state index is 9.00. The van der Waals surface area contributed by atoms with Gasteiger partial charge in [0.25, 0.3) is 0 Å². The maximum atomic E-state index is 9.00. The molecule has 1 aromatic rings. The number of nitriles is 1. The zero-order valence-electron chi connectivity index (χ0n) is 9.08. The Morgan fingerprint density at radius 3 is 2.87 bits per heavy atom. The summed E-state index contributed by atoms with van der Waals surface area (Å²) >= 11 is 0. The van der Waals surface area contributed by atoms with Gasteiger partial charge < -0.3 is 4.74 Å². The number of aromatic nitrogens is 1. The molecular weight excluding hydrogens is 188 g/mol. The van der Waals surface area contributed by atoms with Gasteiger partial charge in [0.05, 0.1) is 12.3 Å². The van der Waals surface area contributed by atoms with E-state index >= 15 is 0 Å². The van der Waals surface area contributed by atoms with Crippen LogP contribution in [-0.4, -0.2) is 11.6 Å². The Labute approximate surface area is 89.7 Å². The third-order valence-electron chi connectivity index (χ3n) is 2.58. The fourth-order valence-corrected chi connectivity index (χ4v) is 1.53. The van der Waals surface area contributed by atoms with E-state index in [9.17, 15) is 0 Å². The van der Waals surface area contributed by atoms with Crippen molar-refractivity contribution in [2.24, 2.45) is 5.92 Å². The SMILES string of the molecule is Cc1cc(OCC2CC2)c(C#N)c(C)n1. The summed E-state index contributed by atoms with van der Waals surface area (Å²) in [5.74, 6) is 1.39. The maximum Gasteiger partial charge on any atom is 0.140 e. The summed E-state index contributed by atoms with van der Waals surface area (Å²) < 4.78 is 5.65. The van der Waals surface area contributed by atoms with E-state index in [4.69, 9.17) is 10.00 Å². The van der Waals surface area contributed by atoms with Gasteiger partial charge in [0, 0.05) is 11.8 Å². The van der Waals surface area contributed by atoms with Crippen LogP contribution in [0.5, 0.6) is 5.75 Å². The van der Waals surface area contributed by atoms with E-state index < -0.39 is 0 Å². The summed E-state index contributed by atoms with van der Waals surface area (Å²) in [6, 6.07) is 3.99. The molecule has 0 spiro atoms. The first kappa shape index (κ1) is 9.97. The second kappa shape index (κ2) is 3.90. The quantitative estimate of drug-likeness (QED) is 0.755. The van der Waals surface area contributed by atoms with Crippen molar-refractivity contribution in [3.8, 4) is 11.8 Å². The molecule has 1 fully saturated rings. The molecule has 0 aliphatic heterocycles. The molecule has 3 heteroatoms. The molecule has 15 heavy (non-hydrogen) atoms. The largest absolute Gasteiger partial charge is 0.492 e. The summed E-state index contributed by atoms with van der Waals surface area (Å²) in [6.07, 6.45) is 2.51. The molecule has 0 saturated heterocycles. The van der Waals surface area contributed by atoms with Gasteiger partial charge in [0.15, 0.2) is 0 Å². The molecule has 1 heterocycles. The van der Waals surface area contributed by atoms with E-state index in [1.165, 1.54) is 12.8 Å². The topological polar surface area (TPSA) is 45.9 Å². The zero-order chi connectivity index (χ0) is 10.8. The van der Waals surface area contributed by atoms with E-state index in [-0.39, 0.29) is 0 Å². The van der Waals surface area contributed by atoms with Gasteiger partial charge in [-0.1, -0.05) is 0 Å². The van der Waals surface area contributed by atoms with Crippen molar-refractivity contribution in [1.29, 1.82) is 5.26 Å². The zero-order valence-corrected chi connectivity index (χ0v) is 9.08. The third-order valence-corrected chi connectivity index (χ3v) is 2.58. The highest BCUT2D eigenvalue weighted by Crippen LogP contribution is 2.30. The van der Waals surface area contributed by atoms with Gasteiger partial charge in [-0.2, -0.15) is 5.26 Å². The first-order valence-corrected chi connectivity index (χ1v) is 5.22. The number of nitrogens with zero attached hydrogens (tertiary/aromatic N) is 2. The molecule has 0 atom stereocenters. The standard InChI is InChI=1S/C12H14N2O/c1-8-5-12(15-7-10-3-4-10)11(6-13)9(2)14-8/h5,10H,3-4,7H2,1-2H3. The van der Waals surface area contributed by atoms with Crippen LogP contribution in [0.25, 0.3) is 0 Å². The minimum atomic E-state index is 0.571. The Balaban J connectivity index is 2.22. The Morgan fingerprint density at radius 2 is 2.27 bits per heavy atom. The summed E-state index contributed by atoms with van der Waals surface area (Å²) in [5.41, 5.74) is 2.22. The lowest BCUT2D eigenvalue weighted by Gasteiger charge is -2.09. The van der Waals surface area contributed by atoms with Crippen molar-refractivity contribution in [3.05, 3.63) is 23.0 Å². The lowest BCUT2D eigenvalue weighted by Crippen LogP contribution is -2.03. The summed E-state index contributed by atoms with van der Waals surface area (Å²) in [4.78, 5) is 4.25. The highest BCUT2D eigenvalue weighted by Gasteiger charge is 2.22. The Hall–Kier alpha value is -1.56. The van der Waals surface area contributed by atoms with Crippen LogP contribution in [0.15, 0.2) is 6.07 Å². The lowest BCUT2D eigenvalue weighted by atomic mass is 10.2. The van der Waals surface area contributed by atoms with Crippen LogP contribution in [0, 0.1) is 31.1 Å². The van der Waals surface area contributed by atoms with Crippen LogP contribution in [0.2, 0.25) is 0 Å². The smallest absolute Gasteiger partial charge is 0.140 e. The molecule has 1 aromatic heterocycles. The summed E-state index contributed by atoms with van der Waals surface area (Å²) in [6.45, 7) is 4.49. The predicted octanol–water partition coefficient (Wildman–Crippen LogP) is 2.36. The van der Waals surface area contributed by atoms with E-state index in [2.05, 4.69) is 11.1 Å². The van der Waals surface area contributed by atoms with E-state index in [1.807, 2.05) is 19.9 Å². The van der Waals surface area contributed by atoms with Crippen molar-refractivity contribution in [3.63, 3.8) is 0 Å². The van der Waals surface area contributed by atoms with Gasteiger partial charge in [-0.25, -0.2) is 0 Å². The van der Waals surface area contributed by atoms with Crippen LogP contribution in [0.3, 0.4) is 0 Å². The highest BCUT2D eigenvalue weighted by molar-refractivity contribution is 5.46. The molecule has 2 rings (SSSR count). The monoisotopic (exact) mass is 202 g/mol. The van der Waals surface area contributed by atoms with Gasteiger partial charge in [-0.15, -0.1) is 0 Å². The van der Waals surface area contributed by atoms with Crippen LogP contribution >= 0.6 is 0 Å².